The Labute approximate surface area is 217 Å². The molecule has 0 bridgehead atoms. The maximum absolute atomic E-state index is 12.2. The highest BCUT2D eigenvalue weighted by Gasteiger charge is 2.07. The van der Waals surface area contributed by atoms with Gasteiger partial charge >= 0.3 is 5.97 Å². The van der Waals surface area contributed by atoms with Crippen LogP contribution < -0.4 is 0 Å². The van der Waals surface area contributed by atoms with Crippen LogP contribution in [0.3, 0.4) is 0 Å². The smallest absolute Gasteiger partial charge is 0.338 e. The summed E-state index contributed by atoms with van der Waals surface area (Å²) in [4.78, 5) is 14.3. The zero-order valence-electron chi connectivity index (χ0n) is 21.6. The molecule has 1 N–H and O–H groups in total. The van der Waals surface area contributed by atoms with Crippen molar-refractivity contribution in [3.8, 4) is 5.75 Å². The number of carbonyl (C=O) groups is 1. The first-order chi connectivity index (χ1) is 17.2. The van der Waals surface area contributed by atoms with Crippen molar-refractivity contribution in [2.45, 2.75) is 107 Å². The molecule has 0 amide bonds. The second-order valence-electron chi connectivity index (χ2n) is 9.19. The van der Waals surface area contributed by atoms with Crippen LogP contribution in [0.25, 0.3) is 0 Å². The lowest BCUT2D eigenvalue weighted by Gasteiger charge is -2.06. The van der Waals surface area contributed by atoms with Crippen molar-refractivity contribution >= 4 is 17.7 Å². The van der Waals surface area contributed by atoms with Crippen LogP contribution >= 0.6 is 11.8 Å². The lowest BCUT2D eigenvalue weighted by Crippen LogP contribution is -2.06. The SMILES string of the molecule is CCCCCCC/C=C/CCCCCCCCCOC(=O)c1ccc(Sc2ccc(O)cc2)cc1. The van der Waals surface area contributed by atoms with Crippen LogP contribution in [-0.4, -0.2) is 17.7 Å². The van der Waals surface area contributed by atoms with Crippen LogP contribution in [0.5, 0.6) is 5.75 Å². The number of hydrogen-bond acceptors (Lipinski definition) is 4. The molecule has 3 nitrogen and oxygen atoms in total. The van der Waals surface area contributed by atoms with Crippen LogP contribution in [0.15, 0.2) is 70.5 Å². The molecule has 2 aromatic carbocycles. The minimum absolute atomic E-state index is 0.250. The van der Waals surface area contributed by atoms with E-state index in [2.05, 4.69) is 19.1 Å². The third-order valence-corrected chi connectivity index (χ3v) is 7.07. The first-order valence-electron chi connectivity index (χ1n) is 13.6. The highest BCUT2D eigenvalue weighted by atomic mass is 32.2. The summed E-state index contributed by atoms with van der Waals surface area (Å²) in [7, 11) is 0. The van der Waals surface area contributed by atoms with Gasteiger partial charge in [0.25, 0.3) is 0 Å². The fraction of sp³-hybridized carbons (Fsp3) is 0.516. The van der Waals surface area contributed by atoms with E-state index in [0.29, 0.717) is 12.2 Å². The van der Waals surface area contributed by atoms with E-state index in [4.69, 9.17) is 4.74 Å². The molecule has 192 valence electrons. The monoisotopic (exact) mass is 496 g/mol. The van der Waals surface area contributed by atoms with E-state index in [0.717, 1.165) is 22.6 Å². The maximum Gasteiger partial charge on any atom is 0.338 e. The number of phenolic OH excluding ortho intramolecular Hbond substituents is 1. The average molecular weight is 497 g/mol. The second kappa shape index (κ2) is 19.0. The van der Waals surface area contributed by atoms with Crippen molar-refractivity contribution in [1.29, 1.82) is 0 Å². The third kappa shape index (κ3) is 14.1. The van der Waals surface area contributed by atoms with E-state index in [1.54, 1.807) is 23.9 Å². The topological polar surface area (TPSA) is 46.5 Å². The van der Waals surface area contributed by atoms with Gasteiger partial charge in [0.1, 0.15) is 5.75 Å². The highest BCUT2D eigenvalue weighted by molar-refractivity contribution is 7.99. The van der Waals surface area contributed by atoms with E-state index >= 15 is 0 Å². The molecule has 0 saturated heterocycles. The number of hydrogen-bond donors (Lipinski definition) is 1. The van der Waals surface area contributed by atoms with Gasteiger partial charge in [-0.25, -0.2) is 4.79 Å². The fourth-order valence-corrected chi connectivity index (χ4v) is 4.72. The average Bonchev–Trinajstić information content (AvgIpc) is 2.87. The molecule has 0 aliphatic heterocycles. The minimum atomic E-state index is -0.250. The van der Waals surface area contributed by atoms with Crippen LogP contribution in [0.4, 0.5) is 0 Å². The predicted octanol–water partition coefficient (Wildman–Crippen LogP) is 9.74. The first kappa shape index (κ1) is 29.0. The van der Waals surface area contributed by atoms with E-state index < -0.39 is 0 Å². The standard InChI is InChI=1S/C31H44O3S/c1-2-3-4-5-6-7-8-9-10-11-12-13-14-15-16-17-26-34-31(33)27-18-22-29(23-19-27)35-30-24-20-28(32)21-25-30/h8-9,18-25,32H,2-7,10-17,26H2,1H3/b9-8+. The molecule has 0 unspecified atom stereocenters. The molecule has 0 atom stereocenters. The Morgan fingerprint density at radius 1 is 0.714 bits per heavy atom. The van der Waals surface area contributed by atoms with Gasteiger partial charge in [0.05, 0.1) is 12.2 Å². The number of esters is 1. The Morgan fingerprint density at radius 3 is 1.77 bits per heavy atom. The number of aromatic hydroxyl groups is 1. The lowest BCUT2D eigenvalue weighted by molar-refractivity contribution is 0.0497. The summed E-state index contributed by atoms with van der Waals surface area (Å²) in [6.07, 6.45) is 22.5. The van der Waals surface area contributed by atoms with E-state index in [1.807, 2.05) is 36.4 Å². The normalized spacial score (nSPS) is 11.2. The number of benzene rings is 2. The first-order valence-corrected chi connectivity index (χ1v) is 14.4. The van der Waals surface area contributed by atoms with Crippen molar-refractivity contribution in [2.24, 2.45) is 0 Å². The van der Waals surface area contributed by atoms with Gasteiger partial charge in [-0.3, -0.25) is 0 Å². The van der Waals surface area contributed by atoms with Gasteiger partial charge in [-0.05, 0) is 80.6 Å². The Bertz CT molecular complexity index is 827. The molecule has 2 aromatic rings. The van der Waals surface area contributed by atoms with Gasteiger partial charge in [0.15, 0.2) is 0 Å². The molecule has 2 rings (SSSR count). The molecule has 0 spiro atoms. The molecule has 35 heavy (non-hydrogen) atoms. The summed E-state index contributed by atoms with van der Waals surface area (Å²) < 4.78 is 5.44. The molecule has 0 heterocycles. The number of carbonyl (C=O) groups excluding carboxylic acids is 1. The Kier molecular flexibility index (Phi) is 15.8. The van der Waals surface area contributed by atoms with Gasteiger partial charge in [-0.2, -0.15) is 0 Å². The molecule has 0 fully saturated rings. The number of rotatable bonds is 19. The number of allylic oxidation sites excluding steroid dienone is 2. The van der Waals surface area contributed by atoms with Crippen LogP contribution in [-0.2, 0) is 4.74 Å². The zero-order chi connectivity index (χ0) is 25.0. The van der Waals surface area contributed by atoms with E-state index in [-0.39, 0.29) is 11.7 Å². The van der Waals surface area contributed by atoms with Crippen molar-refractivity contribution in [1.82, 2.24) is 0 Å². The van der Waals surface area contributed by atoms with E-state index in [9.17, 15) is 9.90 Å². The highest BCUT2D eigenvalue weighted by Crippen LogP contribution is 2.29. The second-order valence-corrected chi connectivity index (χ2v) is 10.3. The molecular formula is C31H44O3S. The largest absolute Gasteiger partial charge is 0.508 e. The molecule has 0 radical (unpaired) electrons. The zero-order valence-corrected chi connectivity index (χ0v) is 22.4. The van der Waals surface area contributed by atoms with Crippen molar-refractivity contribution in [3.63, 3.8) is 0 Å². The third-order valence-electron chi connectivity index (χ3n) is 6.05. The lowest BCUT2D eigenvalue weighted by atomic mass is 10.1. The van der Waals surface area contributed by atoms with Crippen molar-refractivity contribution in [3.05, 3.63) is 66.2 Å². The summed E-state index contributed by atoms with van der Waals surface area (Å²) >= 11 is 1.59. The minimum Gasteiger partial charge on any atom is -0.508 e. The predicted molar refractivity (Wildman–Crippen MR) is 148 cm³/mol. The number of phenols is 1. The fourth-order valence-electron chi connectivity index (χ4n) is 3.91. The number of unbranched alkanes of at least 4 members (excludes halogenated alkanes) is 12. The van der Waals surface area contributed by atoms with E-state index in [1.165, 1.54) is 77.0 Å². The summed E-state index contributed by atoms with van der Waals surface area (Å²) in [5, 5.41) is 9.37. The Hall–Kier alpha value is -2.20. The number of ether oxygens (including phenoxy) is 1. The van der Waals surface area contributed by atoms with Gasteiger partial charge in [-0.15, -0.1) is 0 Å². The summed E-state index contributed by atoms with van der Waals surface area (Å²) in [6, 6.07) is 14.6. The molecule has 0 saturated carbocycles. The quantitative estimate of drug-likeness (QED) is 0.119. The van der Waals surface area contributed by atoms with Crippen LogP contribution in [0, 0.1) is 0 Å². The summed E-state index contributed by atoms with van der Waals surface area (Å²) in [6.45, 7) is 2.76. The molecular weight excluding hydrogens is 452 g/mol. The maximum atomic E-state index is 12.2. The van der Waals surface area contributed by atoms with Gasteiger partial charge in [0, 0.05) is 9.79 Å². The summed E-state index contributed by atoms with van der Waals surface area (Å²) in [5.74, 6) is 0.00893. The molecule has 0 aliphatic carbocycles. The van der Waals surface area contributed by atoms with Crippen molar-refractivity contribution < 1.29 is 14.6 Å². The van der Waals surface area contributed by atoms with Crippen LogP contribution in [0.1, 0.15) is 107 Å². The van der Waals surface area contributed by atoms with Gasteiger partial charge < -0.3 is 9.84 Å². The summed E-state index contributed by atoms with van der Waals surface area (Å²) in [5.41, 5.74) is 0.589. The Balaban J connectivity index is 1.43. The Morgan fingerprint density at radius 2 is 1.20 bits per heavy atom. The van der Waals surface area contributed by atoms with Gasteiger partial charge in [-0.1, -0.05) is 88.6 Å². The molecule has 0 aromatic heterocycles. The molecule has 0 aliphatic rings. The van der Waals surface area contributed by atoms with Crippen LogP contribution in [0.2, 0.25) is 0 Å². The van der Waals surface area contributed by atoms with Crippen molar-refractivity contribution in [2.75, 3.05) is 6.61 Å². The molecule has 4 heteroatoms. The van der Waals surface area contributed by atoms with Gasteiger partial charge in [0.2, 0.25) is 0 Å².